The molecule has 1 aliphatic heterocycles. The molecule has 15 heavy (non-hydrogen) atoms. The Morgan fingerprint density at radius 2 is 2.33 bits per heavy atom. The number of hydrogen-bond acceptors (Lipinski definition) is 2. The predicted octanol–water partition coefficient (Wildman–Crippen LogP) is 2.48. The van der Waals surface area contributed by atoms with Crippen LogP contribution in [0.1, 0.15) is 18.4 Å². The van der Waals surface area contributed by atoms with E-state index in [-0.39, 0.29) is 5.75 Å². The number of rotatable bonds is 2. The summed E-state index contributed by atoms with van der Waals surface area (Å²) in [5.74, 6) is -0.913. The van der Waals surface area contributed by atoms with E-state index in [4.69, 9.17) is 11.6 Å². The van der Waals surface area contributed by atoms with Crippen molar-refractivity contribution in [2.24, 2.45) is 0 Å². The summed E-state index contributed by atoms with van der Waals surface area (Å²) < 4.78 is 13.1. The Labute approximate surface area is 93.1 Å². The maximum Gasteiger partial charge on any atom is 0.165 e. The van der Waals surface area contributed by atoms with E-state index in [1.807, 2.05) is 0 Å². The lowest BCUT2D eigenvalue weighted by molar-refractivity contribution is 0.422. The Bertz CT molecular complexity index is 364. The lowest BCUT2D eigenvalue weighted by Gasteiger charge is -2.13. The first-order valence-electron chi connectivity index (χ1n) is 5.07. The normalized spacial score (nSPS) is 20.8. The zero-order chi connectivity index (χ0) is 10.8. The Kier molecular flexibility index (Phi) is 3.12. The molecule has 2 nitrogen and oxygen atoms in total. The molecule has 4 heteroatoms. The maximum absolute atomic E-state index is 13.1. The van der Waals surface area contributed by atoms with Crippen LogP contribution in [0.5, 0.6) is 5.75 Å². The first-order chi connectivity index (χ1) is 7.18. The molecule has 0 aromatic heterocycles. The van der Waals surface area contributed by atoms with E-state index in [0.717, 1.165) is 19.4 Å². The van der Waals surface area contributed by atoms with Crippen LogP contribution < -0.4 is 5.32 Å². The number of phenols is 1. The summed E-state index contributed by atoms with van der Waals surface area (Å²) in [6.45, 7) is 0.984. The molecule has 1 aromatic rings. The van der Waals surface area contributed by atoms with Crippen LogP contribution >= 0.6 is 11.6 Å². The molecule has 82 valence electrons. The molecule has 1 atom stereocenters. The molecular formula is C11H13ClFNO. The van der Waals surface area contributed by atoms with Gasteiger partial charge < -0.3 is 10.4 Å². The molecule has 2 N–H and O–H groups in total. The van der Waals surface area contributed by atoms with Gasteiger partial charge in [0.25, 0.3) is 0 Å². The summed E-state index contributed by atoms with van der Waals surface area (Å²) in [6.07, 6.45) is 2.76. The number of halogens is 2. The van der Waals surface area contributed by atoms with Gasteiger partial charge in [0.05, 0.1) is 0 Å². The van der Waals surface area contributed by atoms with Crippen molar-refractivity contribution in [2.45, 2.75) is 25.3 Å². The summed E-state index contributed by atoms with van der Waals surface area (Å²) in [5, 5.41) is 13.3. The second-order valence-corrected chi connectivity index (χ2v) is 4.26. The van der Waals surface area contributed by atoms with Gasteiger partial charge in [0.2, 0.25) is 0 Å². The molecule has 0 amide bonds. The number of phenolic OH excluding ortho intramolecular Hbond substituents is 1. The third kappa shape index (κ3) is 2.24. The molecule has 0 spiro atoms. The highest BCUT2D eigenvalue weighted by Gasteiger charge is 2.19. The third-order valence-electron chi connectivity index (χ3n) is 2.79. The highest BCUT2D eigenvalue weighted by atomic mass is 35.5. The van der Waals surface area contributed by atoms with Crippen molar-refractivity contribution in [3.8, 4) is 5.75 Å². The summed E-state index contributed by atoms with van der Waals surface area (Å²) in [4.78, 5) is 0. The summed E-state index contributed by atoms with van der Waals surface area (Å²) >= 11 is 5.93. The molecule has 0 bridgehead atoms. The second kappa shape index (κ2) is 4.37. The van der Waals surface area contributed by atoms with Crippen molar-refractivity contribution in [1.29, 1.82) is 0 Å². The topological polar surface area (TPSA) is 32.3 Å². The van der Waals surface area contributed by atoms with E-state index in [9.17, 15) is 9.50 Å². The minimum atomic E-state index is -0.604. The second-order valence-electron chi connectivity index (χ2n) is 3.85. The van der Waals surface area contributed by atoms with Crippen LogP contribution in [0.2, 0.25) is 5.02 Å². The van der Waals surface area contributed by atoms with E-state index in [2.05, 4.69) is 5.32 Å². The van der Waals surface area contributed by atoms with Gasteiger partial charge in [0.1, 0.15) is 0 Å². The lowest BCUT2D eigenvalue weighted by atomic mass is 10.0. The highest BCUT2D eigenvalue weighted by molar-refractivity contribution is 6.31. The number of hydrogen-bond donors (Lipinski definition) is 2. The van der Waals surface area contributed by atoms with Gasteiger partial charge in [-0.2, -0.15) is 0 Å². The van der Waals surface area contributed by atoms with Gasteiger partial charge >= 0.3 is 0 Å². The van der Waals surface area contributed by atoms with E-state index in [1.165, 1.54) is 12.1 Å². The average molecular weight is 230 g/mol. The smallest absolute Gasteiger partial charge is 0.165 e. The van der Waals surface area contributed by atoms with Crippen LogP contribution in [-0.4, -0.2) is 17.7 Å². The van der Waals surface area contributed by atoms with E-state index in [1.54, 1.807) is 0 Å². The molecule has 0 saturated carbocycles. The maximum atomic E-state index is 13.1. The molecule has 1 unspecified atom stereocenters. The Morgan fingerprint density at radius 1 is 1.53 bits per heavy atom. The lowest BCUT2D eigenvalue weighted by Crippen LogP contribution is -2.23. The quantitative estimate of drug-likeness (QED) is 0.817. The molecule has 1 fully saturated rings. The van der Waals surface area contributed by atoms with Crippen molar-refractivity contribution >= 4 is 11.6 Å². The fraction of sp³-hybridized carbons (Fsp3) is 0.455. The van der Waals surface area contributed by atoms with Crippen LogP contribution in [0.3, 0.4) is 0 Å². The molecular weight excluding hydrogens is 217 g/mol. The Hall–Kier alpha value is -0.800. The van der Waals surface area contributed by atoms with Gasteiger partial charge in [-0.3, -0.25) is 0 Å². The zero-order valence-corrected chi connectivity index (χ0v) is 9.02. The molecule has 1 aromatic carbocycles. The van der Waals surface area contributed by atoms with Gasteiger partial charge in [-0.15, -0.1) is 0 Å². The first-order valence-corrected chi connectivity index (χ1v) is 5.45. The monoisotopic (exact) mass is 229 g/mol. The molecule has 0 aliphatic carbocycles. The first kappa shape index (κ1) is 10.7. The minimum absolute atomic E-state index is 0.301. The minimum Gasteiger partial charge on any atom is -0.505 e. The Balaban J connectivity index is 2.22. The van der Waals surface area contributed by atoms with Gasteiger partial charge in [0, 0.05) is 16.6 Å². The highest BCUT2D eigenvalue weighted by Crippen LogP contribution is 2.30. The van der Waals surface area contributed by atoms with E-state index >= 15 is 0 Å². The third-order valence-corrected chi connectivity index (χ3v) is 3.14. The van der Waals surface area contributed by atoms with Crippen LogP contribution in [-0.2, 0) is 6.42 Å². The van der Waals surface area contributed by atoms with Crippen molar-refractivity contribution in [1.82, 2.24) is 5.32 Å². The van der Waals surface area contributed by atoms with Crippen molar-refractivity contribution in [3.05, 3.63) is 28.5 Å². The molecule has 1 heterocycles. The average Bonchev–Trinajstić information content (AvgIpc) is 2.71. The van der Waals surface area contributed by atoms with Crippen LogP contribution in [0, 0.1) is 5.82 Å². The van der Waals surface area contributed by atoms with Crippen LogP contribution in [0.4, 0.5) is 4.39 Å². The molecule has 1 aliphatic rings. The summed E-state index contributed by atoms with van der Waals surface area (Å²) in [5.41, 5.74) is 0.510. The van der Waals surface area contributed by atoms with Crippen molar-refractivity contribution in [3.63, 3.8) is 0 Å². The fourth-order valence-electron chi connectivity index (χ4n) is 1.95. The number of benzene rings is 1. The number of nitrogens with one attached hydrogen (secondary N) is 1. The van der Waals surface area contributed by atoms with Gasteiger partial charge in [0.15, 0.2) is 11.6 Å². The summed E-state index contributed by atoms with van der Waals surface area (Å²) in [6, 6.07) is 2.97. The van der Waals surface area contributed by atoms with Crippen LogP contribution in [0.25, 0.3) is 0 Å². The molecule has 1 saturated heterocycles. The Morgan fingerprint density at radius 3 is 3.00 bits per heavy atom. The number of aromatic hydroxyl groups is 1. The van der Waals surface area contributed by atoms with E-state index in [0.29, 0.717) is 23.0 Å². The largest absolute Gasteiger partial charge is 0.505 e. The van der Waals surface area contributed by atoms with Gasteiger partial charge in [-0.1, -0.05) is 11.6 Å². The molecule has 0 radical (unpaired) electrons. The SMILES string of the molecule is Oc1c(F)ccc(Cl)c1CC1CCCN1. The van der Waals surface area contributed by atoms with Gasteiger partial charge in [-0.05, 0) is 37.9 Å². The summed E-state index contributed by atoms with van der Waals surface area (Å²) in [7, 11) is 0. The molecule has 2 rings (SSSR count). The van der Waals surface area contributed by atoms with Crippen LogP contribution in [0.15, 0.2) is 12.1 Å². The fourth-order valence-corrected chi connectivity index (χ4v) is 2.18. The van der Waals surface area contributed by atoms with Gasteiger partial charge in [-0.25, -0.2) is 4.39 Å². The van der Waals surface area contributed by atoms with Crippen molar-refractivity contribution < 1.29 is 9.50 Å². The predicted molar refractivity (Wildman–Crippen MR) is 57.8 cm³/mol. The standard InChI is InChI=1S/C11H13ClFNO/c12-9-3-4-10(13)11(15)8(9)6-7-2-1-5-14-7/h3-4,7,14-15H,1-2,5-6H2. The van der Waals surface area contributed by atoms with E-state index < -0.39 is 5.82 Å². The zero-order valence-electron chi connectivity index (χ0n) is 8.26. The van der Waals surface area contributed by atoms with Crippen molar-refractivity contribution in [2.75, 3.05) is 6.54 Å².